The average molecular weight is 326 g/mol. The van der Waals surface area contributed by atoms with Crippen LogP contribution in [0, 0.1) is 5.82 Å². The van der Waals surface area contributed by atoms with Crippen LogP contribution in [-0.2, 0) is 13.6 Å². The SMILES string of the molecule is CC(C)NCc1cn(C)nc1-c1cc(Br)ccc1F. The zero-order chi connectivity index (χ0) is 14.0. The molecule has 1 N–H and O–H groups in total. The van der Waals surface area contributed by atoms with Crippen molar-refractivity contribution in [2.24, 2.45) is 7.05 Å². The molecule has 1 aromatic heterocycles. The third-order valence-corrected chi connectivity index (χ3v) is 3.28. The monoisotopic (exact) mass is 325 g/mol. The Kier molecular flexibility index (Phi) is 4.37. The van der Waals surface area contributed by atoms with Gasteiger partial charge < -0.3 is 5.32 Å². The molecule has 0 aliphatic rings. The number of rotatable bonds is 4. The number of benzene rings is 1. The molecule has 2 rings (SSSR count). The van der Waals surface area contributed by atoms with Crippen LogP contribution in [0.1, 0.15) is 19.4 Å². The molecule has 0 unspecified atom stereocenters. The topological polar surface area (TPSA) is 29.9 Å². The Morgan fingerprint density at radius 1 is 1.42 bits per heavy atom. The Bertz CT molecular complexity index is 578. The highest BCUT2D eigenvalue weighted by atomic mass is 79.9. The second-order valence-electron chi connectivity index (χ2n) is 4.84. The van der Waals surface area contributed by atoms with E-state index in [9.17, 15) is 4.39 Å². The molecule has 3 nitrogen and oxygen atoms in total. The van der Waals surface area contributed by atoms with Gasteiger partial charge in [-0.15, -0.1) is 0 Å². The normalized spacial score (nSPS) is 11.3. The number of nitrogens with zero attached hydrogens (tertiary/aromatic N) is 2. The van der Waals surface area contributed by atoms with Crippen molar-refractivity contribution in [1.29, 1.82) is 0 Å². The second-order valence-corrected chi connectivity index (χ2v) is 5.75. The molecular formula is C14H17BrFN3. The van der Waals surface area contributed by atoms with Gasteiger partial charge in [-0.25, -0.2) is 4.39 Å². The van der Waals surface area contributed by atoms with Crippen LogP contribution in [0.25, 0.3) is 11.3 Å². The van der Waals surface area contributed by atoms with E-state index in [-0.39, 0.29) is 5.82 Å². The minimum Gasteiger partial charge on any atom is -0.310 e. The minimum absolute atomic E-state index is 0.257. The van der Waals surface area contributed by atoms with E-state index in [1.54, 1.807) is 16.8 Å². The van der Waals surface area contributed by atoms with Crippen LogP contribution in [0.3, 0.4) is 0 Å². The smallest absolute Gasteiger partial charge is 0.132 e. The van der Waals surface area contributed by atoms with Gasteiger partial charge in [0.2, 0.25) is 0 Å². The number of nitrogens with one attached hydrogen (secondary N) is 1. The summed E-state index contributed by atoms with van der Waals surface area (Å²) in [4.78, 5) is 0. The Balaban J connectivity index is 2.40. The van der Waals surface area contributed by atoms with Gasteiger partial charge in [-0.2, -0.15) is 5.10 Å². The summed E-state index contributed by atoms with van der Waals surface area (Å²) in [6.45, 7) is 4.83. The van der Waals surface area contributed by atoms with Gasteiger partial charge >= 0.3 is 0 Å². The highest BCUT2D eigenvalue weighted by Crippen LogP contribution is 2.27. The van der Waals surface area contributed by atoms with E-state index < -0.39 is 0 Å². The molecule has 5 heteroatoms. The van der Waals surface area contributed by atoms with Gasteiger partial charge in [0, 0.05) is 41.4 Å². The molecule has 0 aliphatic carbocycles. The van der Waals surface area contributed by atoms with Crippen molar-refractivity contribution in [2.45, 2.75) is 26.4 Å². The van der Waals surface area contributed by atoms with Gasteiger partial charge in [-0.3, -0.25) is 4.68 Å². The first-order valence-electron chi connectivity index (χ1n) is 6.18. The highest BCUT2D eigenvalue weighted by Gasteiger charge is 2.14. The molecule has 102 valence electrons. The minimum atomic E-state index is -0.257. The Labute approximate surface area is 121 Å². The number of hydrogen-bond donors (Lipinski definition) is 1. The fraction of sp³-hybridized carbons (Fsp3) is 0.357. The van der Waals surface area contributed by atoms with Crippen molar-refractivity contribution in [3.63, 3.8) is 0 Å². The molecule has 1 heterocycles. The van der Waals surface area contributed by atoms with Crippen LogP contribution in [-0.4, -0.2) is 15.8 Å². The molecule has 0 saturated carbocycles. The van der Waals surface area contributed by atoms with E-state index in [0.717, 1.165) is 10.0 Å². The quantitative estimate of drug-likeness (QED) is 0.932. The third kappa shape index (κ3) is 3.42. The average Bonchev–Trinajstić information content (AvgIpc) is 2.71. The molecule has 2 aromatic rings. The van der Waals surface area contributed by atoms with E-state index in [4.69, 9.17) is 0 Å². The van der Waals surface area contributed by atoms with Gasteiger partial charge in [-0.05, 0) is 18.2 Å². The number of aromatic nitrogens is 2. The summed E-state index contributed by atoms with van der Waals surface area (Å²) in [7, 11) is 1.85. The molecule has 0 aliphatic heterocycles. The first kappa shape index (κ1) is 14.2. The fourth-order valence-electron chi connectivity index (χ4n) is 1.89. The molecule has 0 amide bonds. The zero-order valence-electron chi connectivity index (χ0n) is 11.2. The van der Waals surface area contributed by atoms with Gasteiger partial charge in [0.1, 0.15) is 5.82 Å². The van der Waals surface area contributed by atoms with Crippen LogP contribution in [0.4, 0.5) is 4.39 Å². The Morgan fingerprint density at radius 3 is 2.84 bits per heavy atom. The Hall–Kier alpha value is -1.20. The molecule has 0 radical (unpaired) electrons. The summed E-state index contributed by atoms with van der Waals surface area (Å²) in [6.07, 6.45) is 1.92. The molecule has 0 atom stereocenters. The lowest BCUT2D eigenvalue weighted by atomic mass is 10.1. The van der Waals surface area contributed by atoms with Gasteiger partial charge in [-0.1, -0.05) is 29.8 Å². The van der Waals surface area contributed by atoms with E-state index in [1.165, 1.54) is 6.07 Å². The number of halogens is 2. The highest BCUT2D eigenvalue weighted by molar-refractivity contribution is 9.10. The van der Waals surface area contributed by atoms with E-state index in [2.05, 4.69) is 40.2 Å². The molecular weight excluding hydrogens is 309 g/mol. The van der Waals surface area contributed by atoms with Crippen LogP contribution in [0.5, 0.6) is 0 Å². The molecule has 0 bridgehead atoms. The summed E-state index contributed by atoms with van der Waals surface area (Å²) in [5, 5.41) is 7.71. The summed E-state index contributed by atoms with van der Waals surface area (Å²) in [5.41, 5.74) is 2.21. The molecule has 1 aromatic carbocycles. The van der Waals surface area contributed by atoms with Crippen LogP contribution < -0.4 is 5.32 Å². The van der Waals surface area contributed by atoms with Crippen molar-refractivity contribution >= 4 is 15.9 Å². The first-order valence-corrected chi connectivity index (χ1v) is 6.98. The molecule has 0 saturated heterocycles. The number of hydrogen-bond acceptors (Lipinski definition) is 2. The van der Waals surface area contributed by atoms with Gasteiger partial charge in [0.25, 0.3) is 0 Å². The van der Waals surface area contributed by atoms with Gasteiger partial charge in [0.15, 0.2) is 0 Å². The van der Waals surface area contributed by atoms with E-state index in [1.807, 2.05) is 13.2 Å². The van der Waals surface area contributed by atoms with E-state index >= 15 is 0 Å². The maximum atomic E-state index is 14.0. The van der Waals surface area contributed by atoms with E-state index in [0.29, 0.717) is 23.8 Å². The predicted molar refractivity (Wildman–Crippen MR) is 78.3 cm³/mol. The third-order valence-electron chi connectivity index (χ3n) is 2.79. The molecule has 19 heavy (non-hydrogen) atoms. The predicted octanol–water partition coefficient (Wildman–Crippen LogP) is 3.49. The Morgan fingerprint density at radius 2 is 2.16 bits per heavy atom. The first-order chi connectivity index (χ1) is 8.97. The summed E-state index contributed by atoms with van der Waals surface area (Å²) < 4.78 is 16.5. The van der Waals surface area contributed by atoms with Gasteiger partial charge in [0.05, 0.1) is 5.69 Å². The maximum Gasteiger partial charge on any atom is 0.132 e. The molecule has 0 spiro atoms. The van der Waals surface area contributed by atoms with Crippen molar-refractivity contribution in [3.05, 3.63) is 40.2 Å². The van der Waals surface area contributed by atoms with Crippen molar-refractivity contribution in [2.75, 3.05) is 0 Å². The standard InChI is InChI=1S/C14H17BrFN3/c1-9(2)17-7-10-8-19(3)18-14(10)12-6-11(15)4-5-13(12)16/h4-6,8-9,17H,7H2,1-3H3. The fourth-order valence-corrected chi connectivity index (χ4v) is 2.25. The van der Waals surface area contributed by atoms with Crippen LogP contribution in [0.15, 0.2) is 28.9 Å². The van der Waals surface area contributed by atoms with Crippen LogP contribution in [0.2, 0.25) is 0 Å². The molecule has 0 fully saturated rings. The van der Waals surface area contributed by atoms with Crippen molar-refractivity contribution in [3.8, 4) is 11.3 Å². The van der Waals surface area contributed by atoms with Crippen molar-refractivity contribution < 1.29 is 4.39 Å². The lowest BCUT2D eigenvalue weighted by molar-refractivity contribution is 0.588. The number of aryl methyl sites for hydroxylation is 1. The van der Waals surface area contributed by atoms with Crippen LogP contribution >= 0.6 is 15.9 Å². The summed E-state index contributed by atoms with van der Waals surface area (Å²) in [6, 6.07) is 5.28. The van der Waals surface area contributed by atoms with Crippen molar-refractivity contribution in [1.82, 2.24) is 15.1 Å². The summed E-state index contributed by atoms with van der Waals surface area (Å²) >= 11 is 3.37. The lowest BCUT2D eigenvalue weighted by Gasteiger charge is -2.08. The lowest BCUT2D eigenvalue weighted by Crippen LogP contribution is -2.21. The second kappa shape index (κ2) is 5.84. The maximum absolute atomic E-state index is 14.0. The summed E-state index contributed by atoms with van der Waals surface area (Å²) in [5.74, 6) is -0.257. The zero-order valence-corrected chi connectivity index (χ0v) is 12.8. The largest absolute Gasteiger partial charge is 0.310 e.